The zero-order chi connectivity index (χ0) is 14.5. The Kier molecular flexibility index (Phi) is 4.77. The van der Waals surface area contributed by atoms with Gasteiger partial charge in [0, 0.05) is 25.4 Å². The summed E-state index contributed by atoms with van der Waals surface area (Å²) in [6, 6.07) is 6.23. The van der Waals surface area contributed by atoms with Crippen LogP contribution in [0.3, 0.4) is 0 Å². The maximum Gasteiger partial charge on any atom is 0.223 e. The predicted octanol–water partition coefficient (Wildman–Crippen LogP) is 1.49. The Bertz CT molecular complexity index is 491. The van der Waals surface area contributed by atoms with E-state index in [9.17, 15) is 9.59 Å². The normalized spacial score (nSPS) is 18.5. The molecule has 1 saturated heterocycles. The molecule has 4 heteroatoms. The molecule has 0 bridgehead atoms. The topological polar surface area (TPSA) is 58.2 Å². The summed E-state index contributed by atoms with van der Waals surface area (Å²) >= 11 is 0. The summed E-state index contributed by atoms with van der Waals surface area (Å²) in [4.78, 5) is 23.3. The van der Waals surface area contributed by atoms with Crippen LogP contribution < -0.4 is 10.6 Å². The van der Waals surface area contributed by atoms with Crippen LogP contribution in [0, 0.1) is 19.8 Å². The van der Waals surface area contributed by atoms with Gasteiger partial charge in [-0.1, -0.05) is 18.2 Å². The van der Waals surface area contributed by atoms with Crippen LogP contribution in [0.25, 0.3) is 0 Å². The molecule has 20 heavy (non-hydrogen) atoms. The van der Waals surface area contributed by atoms with Crippen molar-refractivity contribution in [3.05, 3.63) is 34.9 Å². The molecule has 108 valence electrons. The second-order valence-corrected chi connectivity index (χ2v) is 5.45. The van der Waals surface area contributed by atoms with Gasteiger partial charge in [-0.05, 0) is 43.4 Å². The van der Waals surface area contributed by atoms with Crippen LogP contribution in [0.4, 0.5) is 0 Å². The van der Waals surface area contributed by atoms with Gasteiger partial charge in [0.2, 0.25) is 11.8 Å². The third-order valence-electron chi connectivity index (χ3n) is 3.94. The van der Waals surface area contributed by atoms with Gasteiger partial charge in [-0.25, -0.2) is 0 Å². The lowest BCUT2D eigenvalue weighted by Gasteiger charge is -2.21. The van der Waals surface area contributed by atoms with Gasteiger partial charge in [0.1, 0.15) is 0 Å². The second kappa shape index (κ2) is 6.55. The van der Waals surface area contributed by atoms with Crippen molar-refractivity contribution in [3.63, 3.8) is 0 Å². The maximum absolute atomic E-state index is 12.0. The molecule has 1 aromatic rings. The lowest BCUT2D eigenvalue weighted by Crippen LogP contribution is -2.41. The van der Waals surface area contributed by atoms with Crippen molar-refractivity contribution in [2.45, 2.75) is 33.1 Å². The number of nitrogens with one attached hydrogen (secondary N) is 2. The number of hydrogen-bond acceptors (Lipinski definition) is 2. The number of amides is 2. The minimum Gasteiger partial charge on any atom is -0.356 e. The van der Waals surface area contributed by atoms with Gasteiger partial charge in [0.15, 0.2) is 0 Å². The van der Waals surface area contributed by atoms with E-state index >= 15 is 0 Å². The standard InChI is InChI=1S/C16H22N2O2/c1-11-4-3-5-12(2)14(11)7-9-18-16(20)13-6-8-17-15(19)10-13/h3-5,13H,6-10H2,1-2H3,(H,17,19)(H,18,20). The molecular weight excluding hydrogens is 252 g/mol. The Morgan fingerprint density at radius 1 is 1.35 bits per heavy atom. The molecule has 0 aliphatic carbocycles. The van der Waals surface area contributed by atoms with Crippen LogP contribution in [0.1, 0.15) is 29.5 Å². The number of hydrogen-bond donors (Lipinski definition) is 2. The maximum atomic E-state index is 12.0. The first-order valence-corrected chi connectivity index (χ1v) is 7.17. The average molecular weight is 274 g/mol. The highest BCUT2D eigenvalue weighted by atomic mass is 16.2. The summed E-state index contributed by atoms with van der Waals surface area (Å²) in [6.45, 7) is 5.42. The molecule has 1 aliphatic heterocycles. The van der Waals surface area contributed by atoms with E-state index in [0.717, 1.165) is 12.8 Å². The summed E-state index contributed by atoms with van der Waals surface area (Å²) in [5.74, 6) is -0.182. The van der Waals surface area contributed by atoms with E-state index < -0.39 is 0 Å². The Labute approximate surface area is 119 Å². The minimum absolute atomic E-state index is 0.00564. The average Bonchev–Trinajstić information content (AvgIpc) is 2.42. The summed E-state index contributed by atoms with van der Waals surface area (Å²) in [6.07, 6.45) is 1.89. The fourth-order valence-electron chi connectivity index (χ4n) is 2.71. The van der Waals surface area contributed by atoms with Crippen LogP contribution in [-0.2, 0) is 16.0 Å². The lowest BCUT2D eigenvalue weighted by molar-refractivity contribution is -0.132. The molecule has 1 fully saturated rings. The molecule has 1 aromatic carbocycles. The first kappa shape index (κ1) is 14.6. The quantitative estimate of drug-likeness (QED) is 0.874. The summed E-state index contributed by atoms with van der Waals surface area (Å²) in [5.41, 5.74) is 3.82. The number of aryl methyl sites for hydroxylation is 2. The first-order chi connectivity index (χ1) is 9.58. The Balaban J connectivity index is 1.83. The Morgan fingerprint density at radius 3 is 2.70 bits per heavy atom. The lowest BCUT2D eigenvalue weighted by atomic mass is 9.96. The summed E-state index contributed by atoms with van der Waals surface area (Å²) < 4.78 is 0. The van der Waals surface area contributed by atoms with Crippen LogP contribution in [0.5, 0.6) is 0 Å². The molecule has 2 N–H and O–H groups in total. The van der Waals surface area contributed by atoms with E-state index in [2.05, 4.69) is 36.6 Å². The van der Waals surface area contributed by atoms with Crippen molar-refractivity contribution in [3.8, 4) is 0 Å². The van der Waals surface area contributed by atoms with Gasteiger partial charge >= 0.3 is 0 Å². The van der Waals surface area contributed by atoms with E-state index in [1.54, 1.807) is 0 Å². The van der Waals surface area contributed by atoms with E-state index in [1.165, 1.54) is 16.7 Å². The minimum atomic E-state index is -0.165. The number of carbonyl (C=O) groups excluding carboxylic acids is 2. The van der Waals surface area contributed by atoms with Gasteiger partial charge in [-0.3, -0.25) is 9.59 Å². The number of benzene rings is 1. The third kappa shape index (κ3) is 3.59. The SMILES string of the molecule is Cc1cccc(C)c1CCNC(=O)C1CCNC(=O)C1. The highest BCUT2D eigenvalue weighted by Gasteiger charge is 2.24. The van der Waals surface area contributed by atoms with Gasteiger partial charge in [-0.15, -0.1) is 0 Å². The fourth-order valence-corrected chi connectivity index (χ4v) is 2.71. The van der Waals surface area contributed by atoms with Crippen molar-refractivity contribution >= 4 is 11.8 Å². The molecule has 2 amide bonds. The van der Waals surface area contributed by atoms with Crippen LogP contribution >= 0.6 is 0 Å². The zero-order valence-corrected chi connectivity index (χ0v) is 12.2. The fraction of sp³-hybridized carbons (Fsp3) is 0.500. The molecule has 0 saturated carbocycles. The smallest absolute Gasteiger partial charge is 0.223 e. The number of carbonyl (C=O) groups is 2. The highest BCUT2D eigenvalue weighted by Crippen LogP contribution is 2.14. The molecule has 1 unspecified atom stereocenters. The van der Waals surface area contributed by atoms with Crippen LogP contribution in [0.2, 0.25) is 0 Å². The van der Waals surface area contributed by atoms with Crippen molar-refractivity contribution in [1.29, 1.82) is 0 Å². The molecule has 0 spiro atoms. The summed E-state index contributed by atoms with van der Waals surface area (Å²) in [5, 5.41) is 5.70. The number of rotatable bonds is 4. The first-order valence-electron chi connectivity index (χ1n) is 7.17. The van der Waals surface area contributed by atoms with Crippen LogP contribution in [0.15, 0.2) is 18.2 Å². The van der Waals surface area contributed by atoms with Crippen LogP contribution in [-0.4, -0.2) is 24.9 Å². The summed E-state index contributed by atoms with van der Waals surface area (Å²) in [7, 11) is 0. The second-order valence-electron chi connectivity index (χ2n) is 5.45. The Hall–Kier alpha value is -1.84. The predicted molar refractivity (Wildman–Crippen MR) is 78.4 cm³/mol. The van der Waals surface area contributed by atoms with E-state index in [0.29, 0.717) is 19.5 Å². The molecule has 0 aromatic heterocycles. The van der Waals surface area contributed by atoms with Crippen molar-refractivity contribution in [1.82, 2.24) is 10.6 Å². The van der Waals surface area contributed by atoms with E-state index in [4.69, 9.17) is 0 Å². The van der Waals surface area contributed by atoms with Gasteiger partial charge in [0.25, 0.3) is 0 Å². The third-order valence-corrected chi connectivity index (χ3v) is 3.94. The molecule has 1 aliphatic rings. The molecule has 1 heterocycles. The van der Waals surface area contributed by atoms with Crippen molar-refractivity contribution < 1.29 is 9.59 Å². The van der Waals surface area contributed by atoms with Crippen molar-refractivity contribution in [2.75, 3.05) is 13.1 Å². The monoisotopic (exact) mass is 274 g/mol. The molecule has 1 atom stereocenters. The van der Waals surface area contributed by atoms with Crippen molar-refractivity contribution in [2.24, 2.45) is 5.92 Å². The molecule has 4 nitrogen and oxygen atoms in total. The Morgan fingerprint density at radius 2 is 2.05 bits per heavy atom. The largest absolute Gasteiger partial charge is 0.356 e. The molecular formula is C16H22N2O2. The number of piperidine rings is 1. The zero-order valence-electron chi connectivity index (χ0n) is 12.2. The van der Waals surface area contributed by atoms with E-state index in [1.807, 2.05) is 6.07 Å². The molecule has 2 rings (SSSR count). The van der Waals surface area contributed by atoms with Gasteiger partial charge in [0.05, 0.1) is 0 Å². The highest BCUT2D eigenvalue weighted by molar-refractivity contribution is 5.86. The van der Waals surface area contributed by atoms with E-state index in [-0.39, 0.29) is 17.7 Å². The molecule has 0 radical (unpaired) electrons. The van der Waals surface area contributed by atoms with Gasteiger partial charge < -0.3 is 10.6 Å². The van der Waals surface area contributed by atoms with Gasteiger partial charge in [-0.2, -0.15) is 0 Å².